The number of hydrogen-bond donors (Lipinski definition) is 1. The van der Waals surface area contributed by atoms with Crippen molar-refractivity contribution in [1.82, 2.24) is 19.4 Å². The molecule has 0 aliphatic carbocycles. The molecule has 3 aromatic rings. The maximum Gasteiger partial charge on any atom is 0.251 e. The molecule has 0 spiro atoms. The summed E-state index contributed by atoms with van der Waals surface area (Å²) in [5.41, 5.74) is 6.74. The average molecular weight is 420 g/mol. The second kappa shape index (κ2) is 8.51. The van der Waals surface area contributed by atoms with Gasteiger partial charge in [0.2, 0.25) is 0 Å². The molecule has 0 saturated heterocycles. The third-order valence-electron chi connectivity index (χ3n) is 6.01. The van der Waals surface area contributed by atoms with Crippen molar-refractivity contribution in [3.05, 3.63) is 54.0 Å². The first-order chi connectivity index (χ1) is 14.9. The van der Waals surface area contributed by atoms with Gasteiger partial charge >= 0.3 is 0 Å². The Balaban J connectivity index is 1.59. The van der Waals surface area contributed by atoms with Crippen LogP contribution in [0.2, 0.25) is 0 Å². The first-order valence-electron chi connectivity index (χ1n) is 10.7. The van der Waals surface area contributed by atoms with E-state index in [-0.39, 0.29) is 5.91 Å². The van der Waals surface area contributed by atoms with Gasteiger partial charge in [-0.25, -0.2) is 9.97 Å². The number of aliphatic hydroxyl groups excluding tert-OH is 1. The van der Waals surface area contributed by atoms with E-state index >= 15 is 0 Å². The number of hydrogen-bond acceptors (Lipinski definition) is 5. The number of pyridine rings is 1. The van der Waals surface area contributed by atoms with Crippen LogP contribution in [-0.4, -0.2) is 56.7 Å². The number of aryl methyl sites for hydroxylation is 2. The number of aromatic nitrogens is 3. The first kappa shape index (κ1) is 21.1. The fraction of sp³-hybridized carbons (Fsp3) is 0.375. The molecule has 1 aliphatic heterocycles. The standard InChI is InChI=1S/C24H29N5O2/c1-5-17-12-19(18-8-10-29(11-9-18)24(31)16(2)30)6-7-21(17)28(4)23-13-22-20(14-25-23)26-15-27(22)3/h6-8,12-16,30H,5,9-11H2,1-4H3/t16-/m1/s1. The number of carbonyl (C=O) groups excluding carboxylic acids is 1. The lowest BCUT2D eigenvalue weighted by Crippen LogP contribution is -2.40. The van der Waals surface area contributed by atoms with Crippen LogP contribution in [-0.2, 0) is 18.3 Å². The summed E-state index contributed by atoms with van der Waals surface area (Å²) in [5.74, 6) is 0.669. The summed E-state index contributed by atoms with van der Waals surface area (Å²) in [7, 11) is 4.03. The number of nitrogens with zero attached hydrogens (tertiary/aromatic N) is 5. The normalized spacial score (nSPS) is 15.1. The molecule has 0 saturated carbocycles. The van der Waals surface area contributed by atoms with Crippen LogP contribution >= 0.6 is 0 Å². The predicted octanol–water partition coefficient (Wildman–Crippen LogP) is 3.30. The number of carbonyl (C=O) groups is 1. The molecule has 2 aromatic heterocycles. The molecule has 1 aromatic carbocycles. The molecule has 1 amide bonds. The Hall–Kier alpha value is -3.19. The smallest absolute Gasteiger partial charge is 0.251 e. The summed E-state index contributed by atoms with van der Waals surface area (Å²) < 4.78 is 2.00. The van der Waals surface area contributed by atoms with E-state index in [0.717, 1.165) is 35.4 Å². The Labute approximate surface area is 182 Å². The molecule has 0 fully saturated rings. The van der Waals surface area contributed by atoms with Crippen molar-refractivity contribution in [2.75, 3.05) is 25.0 Å². The number of imidazole rings is 1. The van der Waals surface area contributed by atoms with E-state index in [1.807, 2.05) is 24.9 Å². The number of fused-ring (bicyclic) bond motifs is 1. The van der Waals surface area contributed by atoms with Crippen LogP contribution in [0.1, 0.15) is 31.4 Å². The fourth-order valence-electron chi connectivity index (χ4n) is 4.12. The molecule has 31 heavy (non-hydrogen) atoms. The van der Waals surface area contributed by atoms with Crippen LogP contribution < -0.4 is 4.90 Å². The van der Waals surface area contributed by atoms with Crippen LogP contribution in [0.4, 0.5) is 11.5 Å². The Morgan fingerprint density at radius 3 is 2.77 bits per heavy atom. The summed E-state index contributed by atoms with van der Waals surface area (Å²) in [4.78, 5) is 24.8. The maximum absolute atomic E-state index is 12.0. The summed E-state index contributed by atoms with van der Waals surface area (Å²) >= 11 is 0. The SMILES string of the molecule is CCc1cc(C2=CCN(C(=O)[C@@H](C)O)CC2)ccc1N(C)c1cc2c(cn1)ncn2C. The zero-order valence-electron chi connectivity index (χ0n) is 18.5. The van der Waals surface area contributed by atoms with Gasteiger partial charge in [0.1, 0.15) is 17.4 Å². The molecule has 7 heteroatoms. The van der Waals surface area contributed by atoms with Gasteiger partial charge in [0.25, 0.3) is 5.91 Å². The summed E-state index contributed by atoms with van der Waals surface area (Å²) in [6.45, 7) is 4.85. The molecule has 1 N–H and O–H groups in total. The second-order valence-electron chi connectivity index (χ2n) is 8.08. The molecule has 3 heterocycles. The molecule has 4 rings (SSSR count). The quantitative estimate of drug-likeness (QED) is 0.687. The van der Waals surface area contributed by atoms with Crippen molar-refractivity contribution >= 4 is 34.0 Å². The number of amides is 1. The zero-order chi connectivity index (χ0) is 22.1. The van der Waals surface area contributed by atoms with Crippen LogP contribution in [0.3, 0.4) is 0 Å². The van der Waals surface area contributed by atoms with Crippen molar-refractivity contribution in [3.8, 4) is 0 Å². The average Bonchev–Trinajstić information content (AvgIpc) is 3.17. The molecule has 7 nitrogen and oxygen atoms in total. The zero-order valence-corrected chi connectivity index (χ0v) is 18.5. The van der Waals surface area contributed by atoms with Gasteiger partial charge in [-0.3, -0.25) is 4.79 Å². The highest BCUT2D eigenvalue weighted by molar-refractivity contribution is 5.82. The van der Waals surface area contributed by atoms with Gasteiger partial charge in [-0.05, 0) is 48.6 Å². The lowest BCUT2D eigenvalue weighted by atomic mass is 9.95. The minimum absolute atomic E-state index is 0.209. The summed E-state index contributed by atoms with van der Waals surface area (Å²) in [5, 5.41) is 9.54. The highest BCUT2D eigenvalue weighted by Gasteiger charge is 2.21. The minimum atomic E-state index is -0.948. The van der Waals surface area contributed by atoms with E-state index in [2.05, 4.69) is 52.1 Å². The Morgan fingerprint density at radius 2 is 2.10 bits per heavy atom. The van der Waals surface area contributed by atoms with Gasteiger partial charge in [0, 0.05) is 38.9 Å². The molecule has 1 atom stereocenters. The van der Waals surface area contributed by atoms with Gasteiger partial charge in [-0.15, -0.1) is 0 Å². The Morgan fingerprint density at radius 1 is 1.29 bits per heavy atom. The summed E-state index contributed by atoms with van der Waals surface area (Å²) in [6, 6.07) is 8.60. The highest BCUT2D eigenvalue weighted by Crippen LogP contribution is 2.32. The predicted molar refractivity (Wildman–Crippen MR) is 123 cm³/mol. The molecule has 162 valence electrons. The van der Waals surface area contributed by atoms with Crippen LogP contribution in [0.15, 0.2) is 42.9 Å². The van der Waals surface area contributed by atoms with Crippen LogP contribution in [0.25, 0.3) is 16.6 Å². The highest BCUT2D eigenvalue weighted by atomic mass is 16.3. The molecule has 0 unspecified atom stereocenters. The van der Waals surface area contributed by atoms with E-state index < -0.39 is 6.10 Å². The summed E-state index contributed by atoms with van der Waals surface area (Å²) in [6.07, 6.45) is 6.46. The third kappa shape index (κ3) is 4.05. The molecular formula is C24H29N5O2. The third-order valence-corrected chi connectivity index (χ3v) is 6.01. The topological polar surface area (TPSA) is 74.5 Å². The van der Waals surface area contributed by atoms with Gasteiger partial charge in [0.15, 0.2) is 0 Å². The van der Waals surface area contributed by atoms with Crippen LogP contribution in [0, 0.1) is 0 Å². The largest absolute Gasteiger partial charge is 0.384 e. The molecule has 0 radical (unpaired) electrons. The second-order valence-corrected chi connectivity index (χ2v) is 8.08. The van der Waals surface area contributed by atoms with E-state index in [1.165, 1.54) is 23.6 Å². The molecule has 1 aliphatic rings. The van der Waals surface area contributed by atoms with Gasteiger partial charge < -0.3 is 19.5 Å². The molecular weight excluding hydrogens is 390 g/mol. The van der Waals surface area contributed by atoms with Crippen molar-refractivity contribution in [1.29, 1.82) is 0 Å². The first-order valence-corrected chi connectivity index (χ1v) is 10.7. The van der Waals surface area contributed by atoms with Crippen molar-refractivity contribution < 1.29 is 9.90 Å². The van der Waals surface area contributed by atoms with Gasteiger partial charge in [-0.2, -0.15) is 0 Å². The van der Waals surface area contributed by atoms with Gasteiger partial charge in [0.05, 0.1) is 18.0 Å². The van der Waals surface area contributed by atoms with Crippen LogP contribution in [0.5, 0.6) is 0 Å². The van der Waals surface area contributed by atoms with Crippen molar-refractivity contribution in [2.24, 2.45) is 7.05 Å². The number of aliphatic hydroxyl groups is 1. The lowest BCUT2D eigenvalue weighted by Gasteiger charge is -2.28. The minimum Gasteiger partial charge on any atom is -0.384 e. The number of rotatable bonds is 5. The Kier molecular flexibility index (Phi) is 5.78. The van der Waals surface area contributed by atoms with Gasteiger partial charge in [-0.1, -0.05) is 19.1 Å². The number of benzene rings is 1. The van der Waals surface area contributed by atoms with E-state index in [4.69, 9.17) is 0 Å². The van der Waals surface area contributed by atoms with E-state index in [1.54, 1.807) is 11.2 Å². The molecule has 0 bridgehead atoms. The van der Waals surface area contributed by atoms with E-state index in [0.29, 0.717) is 13.1 Å². The monoisotopic (exact) mass is 419 g/mol. The maximum atomic E-state index is 12.0. The lowest BCUT2D eigenvalue weighted by molar-refractivity contribution is -0.138. The van der Waals surface area contributed by atoms with Crippen molar-refractivity contribution in [2.45, 2.75) is 32.8 Å². The van der Waals surface area contributed by atoms with Crippen molar-refractivity contribution in [3.63, 3.8) is 0 Å². The fourth-order valence-corrected chi connectivity index (χ4v) is 4.12. The number of anilines is 2. The van der Waals surface area contributed by atoms with E-state index in [9.17, 15) is 9.90 Å². The Bertz CT molecular complexity index is 1150.